The molecular formula is C24H18ClFN2O2S. The van der Waals surface area contributed by atoms with Gasteiger partial charge in [-0.3, -0.25) is 9.59 Å². The first-order valence-electron chi connectivity index (χ1n) is 9.89. The van der Waals surface area contributed by atoms with Gasteiger partial charge in [-0.25, -0.2) is 4.39 Å². The van der Waals surface area contributed by atoms with E-state index in [2.05, 4.69) is 0 Å². The molecule has 31 heavy (non-hydrogen) atoms. The van der Waals surface area contributed by atoms with Gasteiger partial charge in [-0.2, -0.15) is 0 Å². The molecule has 2 amide bonds. The summed E-state index contributed by atoms with van der Waals surface area (Å²) in [6, 6.07) is 20.4. The standard InChI is InChI=1S/C24H18ClFN2O2S/c25-20-7-3-1-5-17(20)15-27-21-8-4-2-6-19(21)24(23(27)30)28(13-14-31-24)22(29)16-9-11-18(26)12-10-16/h1-12H,13-15H2. The van der Waals surface area contributed by atoms with Crippen molar-refractivity contribution in [1.29, 1.82) is 0 Å². The smallest absolute Gasteiger partial charge is 0.268 e. The number of fused-ring (bicyclic) bond motifs is 2. The van der Waals surface area contributed by atoms with Gasteiger partial charge in [0.2, 0.25) is 0 Å². The molecule has 3 aromatic carbocycles. The Bertz CT molecular complexity index is 1190. The molecule has 1 spiro atoms. The van der Waals surface area contributed by atoms with Crippen molar-refractivity contribution in [3.63, 3.8) is 0 Å². The highest BCUT2D eigenvalue weighted by molar-refractivity contribution is 8.01. The van der Waals surface area contributed by atoms with E-state index >= 15 is 0 Å². The minimum absolute atomic E-state index is 0.161. The average molecular weight is 453 g/mol. The molecule has 2 heterocycles. The zero-order valence-electron chi connectivity index (χ0n) is 16.4. The maximum absolute atomic E-state index is 13.9. The average Bonchev–Trinajstić information content (AvgIpc) is 3.32. The zero-order valence-corrected chi connectivity index (χ0v) is 18.0. The number of amides is 2. The van der Waals surface area contributed by atoms with Crippen molar-refractivity contribution in [3.8, 4) is 0 Å². The van der Waals surface area contributed by atoms with Crippen molar-refractivity contribution in [3.05, 3.63) is 100 Å². The predicted octanol–water partition coefficient (Wildman–Crippen LogP) is 5.07. The molecule has 0 bridgehead atoms. The fraction of sp³-hybridized carbons (Fsp3) is 0.167. The van der Waals surface area contributed by atoms with Crippen LogP contribution in [-0.2, 0) is 16.2 Å². The fourth-order valence-corrected chi connectivity index (χ4v) is 5.93. The van der Waals surface area contributed by atoms with Gasteiger partial charge in [-0.15, -0.1) is 11.8 Å². The van der Waals surface area contributed by atoms with Gasteiger partial charge in [0.1, 0.15) is 5.82 Å². The monoisotopic (exact) mass is 452 g/mol. The second-order valence-corrected chi connectivity index (χ2v) is 9.15. The summed E-state index contributed by atoms with van der Waals surface area (Å²) in [5, 5.41) is 0.590. The van der Waals surface area contributed by atoms with Crippen LogP contribution < -0.4 is 4.90 Å². The zero-order chi connectivity index (χ0) is 21.6. The topological polar surface area (TPSA) is 40.6 Å². The first kappa shape index (κ1) is 20.1. The van der Waals surface area contributed by atoms with Crippen LogP contribution in [0.3, 0.4) is 0 Å². The van der Waals surface area contributed by atoms with Crippen molar-refractivity contribution < 1.29 is 14.0 Å². The van der Waals surface area contributed by atoms with Crippen molar-refractivity contribution in [2.45, 2.75) is 11.4 Å². The quantitative estimate of drug-likeness (QED) is 0.557. The van der Waals surface area contributed by atoms with Crippen LogP contribution in [0.25, 0.3) is 0 Å². The van der Waals surface area contributed by atoms with Gasteiger partial charge in [0, 0.05) is 28.4 Å². The van der Waals surface area contributed by atoms with Gasteiger partial charge in [0.15, 0.2) is 4.87 Å². The van der Waals surface area contributed by atoms with Gasteiger partial charge in [0.25, 0.3) is 11.8 Å². The number of para-hydroxylation sites is 1. The third-order valence-electron chi connectivity index (χ3n) is 5.72. The largest absolute Gasteiger partial charge is 0.311 e. The molecule has 2 aliphatic rings. The number of anilines is 1. The summed E-state index contributed by atoms with van der Waals surface area (Å²) in [5.74, 6) is -0.220. The summed E-state index contributed by atoms with van der Waals surface area (Å²) in [6.07, 6.45) is 0. The molecule has 2 aliphatic heterocycles. The fourth-order valence-electron chi connectivity index (χ4n) is 4.27. The van der Waals surface area contributed by atoms with Crippen LogP contribution in [0, 0.1) is 5.82 Å². The number of carbonyl (C=O) groups is 2. The SMILES string of the molecule is O=C(c1ccc(F)cc1)N1CCSC12C(=O)N(Cc1ccccc1Cl)c1ccccc12. The first-order chi connectivity index (χ1) is 15.0. The summed E-state index contributed by atoms with van der Waals surface area (Å²) in [4.78, 5) is 29.5. The van der Waals surface area contributed by atoms with Crippen molar-refractivity contribution in [2.75, 3.05) is 17.2 Å². The van der Waals surface area contributed by atoms with E-state index in [9.17, 15) is 14.0 Å². The van der Waals surface area contributed by atoms with Gasteiger partial charge >= 0.3 is 0 Å². The third-order valence-corrected chi connectivity index (χ3v) is 7.51. The molecule has 3 aromatic rings. The molecule has 156 valence electrons. The number of halogens is 2. The van der Waals surface area contributed by atoms with E-state index in [-0.39, 0.29) is 11.8 Å². The van der Waals surface area contributed by atoms with Crippen LogP contribution in [0.1, 0.15) is 21.5 Å². The number of hydrogen-bond acceptors (Lipinski definition) is 3. The summed E-state index contributed by atoms with van der Waals surface area (Å²) in [5.41, 5.74) is 2.77. The van der Waals surface area contributed by atoms with E-state index in [0.717, 1.165) is 16.8 Å². The number of hydrogen-bond donors (Lipinski definition) is 0. The lowest BCUT2D eigenvalue weighted by atomic mass is 10.0. The van der Waals surface area contributed by atoms with E-state index < -0.39 is 10.7 Å². The summed E-state index contributed by atoms with van der Waals surface area (Å²) in [6.45, 7) is 0.747. The van der Waals surface area contributed by atoms with Gasteiger partial charge in [-0.1, -0.05) is 48.0 Å². The van der Waals surface area contributed by atoms with E-state index in [1.54, 1.807) is 15.9 Å². The molecule has 0 aliphatic carbocycles. The molecule has 0 aromatic heterocycles. The Morgan fingerprint density at radius 1 is 1.03 bits per heavy atom. The Morgan fingerprint density at radius 3 is 2.52 bits per heavy atom. The van der Waals surface area contributed by atoms with E-state index in [0.29, 0.717) is 29.4 Å². The molecule has 0 radical (unpaired) electrons. The number of carbonyl (C=O) groups excluding carboxylic acids is 2. The van der Waals surface area contributed by atoms with E-state index in [1.165, 1.54) is 36.0 Å². The Morgan fingerprint density at radius 2 is 1.74 bits per heavy atom. The van der Waals surface area contributed by atoms with Crippen molar-refractivity contribution in [1.82, 2.24) is 4.90 Å². The summed E-state index contributed by atoms with van der Waals surface area (Å²) < 4.78 is 13.4. The highest BCUT2D eigenvalue weighted by Gasteiger charge is 2.59. The van der Waals surface area contributed by atoms with Crippen LogP contribution in [0.5, 0.6) is 0 Å². The summed E-state index contributed by atoms with van der Waals surface area (Å²) >= 11 is 7.82. The summed E-state index contributed by atoms with van der Waals surface area (Å²) in [7, 11) is 0. The molecule has 1 atom stereocenters. The normalized spacial score (nSPS) is 19.9. The number of rotatable bonds is 3. The van der Waals surface area contributed by atoms with Crippen molar-refractivity contribution in [2.24, 2.45) is 0 Å². The Kier molecular flexibility index (Phi) is 4.99. The number of nitrogens with zero attached hydrogens (tertiary/aromatic N) is 2. The highest BCUT2D eigenvalue weighted by atomic mass is 35.5. The molecule has 0 saturated carbocycles. The Labute approximate surface area is 188 Å². The second-order valence-electron chi connectivity index (χ2n) is 7.46. The Hall–Kier alpha value is -2.83. The minimum Gasteiger partial charge on any atom is -0.311 e. The van der Waals surface area contributed by atoms with Gasteiger partial charge in [0.05, 0.1) is 12.2 Å². The molecule has 7 heteroatoms. The second kappa shape index (κ2) is 7.70. The van der Waals surface area contributed by atoms with Crippen LogP contribution in [0.4, 0.5) is 10.1 Å². The minimum atomic E-state index is -1.14. The van der Waals surface area contributed by atoms with E-state index in [1.807, 2.05) is 42.5 Å². The lowest BCUT2D eigenvalue weighted by molar-refractivity contribution is -0.123. The highest BCUT2D eigenvalue weighted by Crippen LogP contribution is 2.54. The van der Waals surface area contributed by atoms with E-state index in [4.69, 9.17) is 11.6 Å². The van der Waals surface area contributed by atoms with Crippen LogP contribution >= 0.6 is 23.4 Å². The molecule has 1 unspecified atom stereocenters. The molecule has 1 saturated heterocycles. The molecule has 0 N–H and O–H groups in total. The van der Waals surface area contributed by atoms with Crippen molar-refractivity contribution >= 4 is 40.9 Å². The van der Waals surface area contributed by atoms with Crippen LogP contribution in [0.2, 0.25) is 5.02 Å². The third kappa shape index (κ3) is 3.13. The van der Waals surface area contributed by atoms with Crippen LogP contribution in [0.15, 0.2) is 72.8 Å². The molecular weight excluding hydrogens is 435 g/mol. The number of thioether (sulfide) groups is 1. The lowest BCUT2D eigenvalue weighted by Gasteiger charge is -2.33. The number of benzene rings is 3. The predicted molar refractivity (Wildman–Crippen MR) is 121 cm³/mol. The molecule has 1 fully saturated rings. The van der Waals surface area contributed by atoms with Gasteiger partial charge < -0.3 is 9.80 Å². The maximum Gasteiger partial charge on any atom is 0.268 e. The molecule has 4 nitrogen and oxygen atoms in total. The molecule has 5 rings (SSSR count). The maximum atomic E-state index is 13.9. The van der Waals surface area contributed by atoms with Gasteiger partial charge in [-0.05, 0) is 42.0 Å². The Balaban J connectivity index is 1.58. The lowest BCUT2D eigenvalue weighted by Crippen LogP contribution is -2.50. The van der Waals surface area contributed by atoms with Crippen LogP contribution in [-0.4, -0.2) is 29.0 Å². The first-order valence-corrected chi connectivity index (χ1v) is 11.2.